The normalized spacial score (nSPS) is 19.6. The largest absolute Gasteiger partial charge is 0.317 e. The van der Waals surface area contributed by atoms with Gasteiger partial charge in [-0.15, -0.1) is 0 Å². The Kier molecular flexibility index (Phi) is 8.01. The highest BCUT2D eigenvalue weighted by Gasteiger charge is 2.40. The smallest absolute Gasteiger partial charge is 0.258 e. The first kappa shape index (κ1) is 24.0. The number of fused-ring (bicyclic) bond motifs is 1. The molecule has 1 aliphatic carbocycles. The zero-order valence-electron chi connectivity index (χ0n) is 18.5. The van der Waals surface area contributed by atoms with Gasteiger partial charge in [-0.05, 0) is 73.8 Å². The van der Waals surface area contributed by atoms with Gasteiger partial charge in [-0.3, -0.25) is 4.79 Å². The van der Waals surface area contributed by atoms with Crippen molar-refractivity contribution in [1.29, 1.82) is 0 Å². The van der Waals surface area contributed by atoms with E-state index in [2.05, 4.69) is 12.2 Å². The van der Waals surface area contributed by atoms with Crippen LogP contribution in [0.2, 0.25) is 10.0 Å². The Morgan fingerprint density at radius 3 is 2.42 bits per heavy atom. The fourth-order valence-corrected chi connectivity index (χ4v) is 4.48. The van der Waals surface area contributed by atoms with Crippen LogP contribution >= 0.6 is 23.2 Å². The van der Waals surface area contributed by atoms with Crippen LogP contribution in [0.15, 0.2) is 36.4 Å². The molecule has 0 saturated heterocycles. The molecule has 168 valence electrons. The van der Waals surface area contributed by atoms with Crippen LogP contribution in [0.5, 0.6) is 0 Å². The molecule has 1 saturated carbocycles. The van der Waals surface area contributed by atoms with E-state index in [0.29, 0.717) is 22.2 Å². The molecule has 1 aliphatic heterocycles. The lowest BCUT2D eigenvalue weighted by molar-refractivity contribution is 0.0985. The second-order valence-corrected chi connectivity index (χ2v) is 9.58. The fraction of sp³-hybridized carbons (Fsp3) is 0.480. The standard InChI is InChI=1S/C18H16Cl2FNO.C7H15N/c1-3-18(2)10-22(16-5-4-14(21)9-15(16)18)17(23)11-6-12(19)8-13(20)7-11;1-2-8-6-5-7-3-4-7/h4-9H,3,10H2,1-2H3;7-8H,2-6H2,1H3. The van der Waals surface area contributed by atoms with Crippen molar-refractivity contribution in [2.24, 2.45) is 5.92 Å². The number of amides is 1. The van der Waals surface area contributed by atoms with Crippen LogP contribution in [-0.2, 0) is 5.41 Å². The molecule has 1 fully saturated rings. The number of rotatable bonds is 6. The molecule has 0 aromatic heterocycles. The van der Waals surface area contributed by atoms with Gasteiger partial charge in [0.05, 0.1) is 0 Å². The first-order chi connectivity index (χ1) is 14.8. The van der Waals surface area contributed by atoms with Gasteiger partial charge in [0.15, 0.2) is 0 Å². The Balaban J connectivity index is 0.000000287. The van der Waals surface area contributed by atoms with E-state index < -0.39 is 0 Å². The van der Waals surface area contributed by atoms with Crippen LogP contribution in [0, 0.1) is 11.7 Å². The average Bonchev–Trinajstić information content (AvgIpc) is 3.51. The number of benzene rings is 2. The zero-order valence-corrected chi connectivity index (χ0v) is 20.0. The maximum Gasteiger partial charge on any atom is 0.258 e. The van der Waals surface area contributed by atoms with Crippen molar-refractivity contribution in [2.75, 3.05) is 24.5 Å². The van der Waals surface area contributed by atoms with Gasteiger partial charge in [0.1, 0.15) is 5.82 Å². The van der Waals surface area contributed by atoms with E-state index in [9.17, 15) is 9.18 Å². The van der Waals surface area contributed by atoms with Crippen molar-refractivity contribution in [2.45, 2.75) is 51.9 Å². The van der Waals surface area contributed by atoms with Gasteiger partial charge in [-0.1, -0.05) is 56.8 Å². The Labute approximate surface area is 194 Å². The van der Waals surface area contributed by atoms with Gasteiger partial charge in [0.25, 0.3) is 5.91 Å². The van der Waals surface area contributed by atoms with E-state index in [1.54, 1.807) is 29.2 Å². The Morgan fingerprint density at radius 1 is 1.16 bits per heavy atom. The summed E-state index contributed by atoms with van der Waals surface area (Å²) in [4.78, 5) is 14.6. The van der Waals surface area contributed by atoms with E-state index in [4.69, 9.17) is 23.2 Å². The number of carbonyl (C=O) groups is 1. The molecule has 1 atom stereocenters. The van der Waals surface area contributed by atoms with Crippen LogP contribution in [0.3, 0.4) is 0 Å². The summed E-state index contributed by atoms with van der Waals surface area (Å²) in [5.41, 5.74) is 1.77. The molecule has 1 heterocycles. The zero-order chi connectivity index (χ0) is 22.6. The first-order valence-corrected chi connectivity index (χ1v) is 11.8. The number of anilines is 1. The molecular formula is C25H31Cl2FN2O. The highest BCUT2D eigenvalue weighted by molar-refractivity contribution is 6.35. The number of nitrogens with one attached hydrogen (secondary N) is 1. The van der Waals surface area contributed by atoms with E-state index >= 15 is 0 Å². The van der Waals surface area contributed by atoms with Crippen molar-refractivity contribution < 1.29 is 9.18 Å². The van der Waals surface area contributed by atoms with Crippen molar-refractivity contribution in [3.05, 3.63) is 63.4 Å². The number of carbonyl (C=O) groups excluding carboxylic acids is 1. The summed E-state index contributed by atoms with van der Waals surface area (Å²) in [6.07, 6.45) is 5.20. The maximum atomic E-state index is 13.7. The molecule has 2 aromatic carbocycles. The molecule has 0 radical (unpaired) electrons. The quantitative estimate of drug-likeness (QED) is 0.473. The second-order valence-electron chi connectivity index (χ2n) is 8.71. The maximum absolute atomic E-state index is 13.7. The third-order valence-electron chi connectivity index (χ3n) is 6.22. The summed E-state index contributed by atoms with van der Waals surface area (Å²) >= 11 is 12.0. The van der Waals surface area contributed by atoms with Crippen molar-refractivity contribution in [3.8, 4) is 0 Å². The summed E-state index contributed by atoms with van der Waals surface area (Å²) in [5.74, 6) is 0.622. The van der Waals surface area contributed by atoms with Crippen LogP contribution in [-0.4, -0.2) is 25.5 Å². The summed E-state index contributed by atoms with van der Waals surface area (Å²) in [6, 6.07) is 9.35. The Morgan fingerprint density at radius 2 is 1.84 bits per heavy atom. The molecule has 3 nitrogen and oxygen atoms in total. The molecule has 1 N–H and O–H groups in total. The molecule has 2 aromatic rings. The van der Waals surface area contributed by atoms with E-state index in [0.717, 1.165) is 30.1 Å². The summed E-state index contributed by atoms with van der Waals surface area (Å²) in [7, 11) is 0. The molecule has 31 heavy (non-hydrogen) atoms. The van der Waals surface area contributed by atoms with Crippen molar-refractivity contribution >= 4 is 34.8 Å². The lowest BCUT2D eigenvalue weighted by Crippen LogP contribution is -2.35. The average molecular weight is 465 g/mol. The minimum atomic E-state index is -0.288. The van der Waals surface area contributed by atoms with Crippen LogP contribution < -0.4 is 10.2 Å². The van der Waals surface area contributed by atoms with E-state index in [1.165, 1.54) is 37.9 Å². The topological polar surface area (TPSA) is 32.3 Å². The molecular weight excluding hydrogens is 434 g/mol. The van der Waals surface area contributed by atoms with E-state index in [1.807, 2.05) is 13.8 Å². The summed E-state index contributed by atoms with van der Waals surface area (Å²) < 4.78 is 13.7. The molecule has 2 aliphatic rings. The van der Waals surface area contributed by atoms with Crippen molar-refractivity contribution in [1.82, 2.24) is 5.32 Å². The predicted octanol–water partition coefficient (Wildman–Crippen LogP) is 6.86. The third-order valence-corrected chi connectivity index (χ3v) is 6.65. The highest BCUT2D eigenvalue weighted by atomic mass is 35.5. The van der Waals surface area contributed by atoms with Gasteiger partial charge in [-0.25, -0.2) is 4.39 Å². The van der Waals surface area contributed by atoms with Gasteiger partial charge in [-0.2, -0.15) is 0 Å². The van der Waals surface area contributed by atoms with Gasteiger partial charge in [0.2, 0.25) is 0 Å². The molecule has 1 unspecified atom stereocenters. The lowest BCUT2D eigenvalue weighted by atomic mass is 9.82. The third kappa shape index (κ3) is 6.00. The number of nitrogens with zero attached hydrogens (tertiary/aromatic N) is 1. The SMILES string of the molecule is CCC1(C)CN(C(=O)c2cc(Cl)cc(Cl)c2)c2ccc(F)cc21.CCNCCC1CC1. The predicted molar refractivity (Wildman–Crippen MR) is 128 cm³/mol. The Bertz CT molecular complexity index is 911. The number of halogens is 3. The molecule has 4 rings (SSSR count). The monoisotopic (exact) mass is 464 g/mol. The minimum Gasteiger partial charge on any atom is -0.317 e. The molecule has 1 amide bonds. The van der Waals surface area contributed by atoms with E-state index in [-0.39, 0.29) is 17.1 Å². The minimum absolute atomic E-state index is 0.181. The van der Waals surface area contributed by atoms with Crippen LogP contribution in [0.1, 0.15) is 62.4 Å². The fourth-order valence-electron chi connectivity index (χ4n) is 3.95. The molecule has 0 spiro atoms. The van der Waals surface area contributed by atoms with Gasteiger partial charge >= 0.3 is 0 Å². The lowest BCUT2D eigenvalue weighted by Gasteiger charge is -2.24. The first-order valence-electron chi connectivity index (χ1n) is 11.1. The molecule has 6 heteroatoms. The number of hydrogen-bond donors (Lipinski definition) is 1. The van der Waals surface area contributed by atoms with Crippen LogP contribution in [0.25, 0.3) is 0 Å². The van der Waals surface area contributed by atoms with Gasteiger partial charge < -0.3 is 10.2 Å². The highest BCUT2D eigenvalue weighted by Crippen LogP contribution is 2.43. The van der Waals surface area contributed by atoms with Crippen LogP contribution in [0.4, 0.5) is 10.1 Å². The second kappa shape index (κ2) is 10.3. The Hall–Kier alpha value is -1.62. The molecule has 0 bridgehead atoms. The van der Waals surface area contributed by atoms with Gasteiger partial charge in [0, 0.05) is 33.3 Å². The summed E-state index contributed by atoms with van der Waals surface area (Å²) in [6.45, 7) is 9.12. The van der Waals surface area contributed by atoms with Crippen molar-refractivity contribution in [3.63, 3.8) is 0 Å². The number of hydrogen-bond acceptors (Lipinski definition) is 2. The summed E-state index contributed by atoms with van der Waals surface area (Å²) in [5, 5.41) is 4.15.